The molecule has 3 nitrogen and oxygen atoms in total. The zero-order valence-corrected chi connectivity index (χ0v) is 10.4. The van der Waals surface area contributed by atoms with Crippen molar-refractivity contribution < 1.29 is 9.26 Å². The number of aromatic nitrogens is 1. The Hall–Kier alpha value is -1.04. The van der Waals surface area contributed by atoms with Crippen LogP contribution in [0.5, 0.6) is 5.75 Å². The maximum absolute atomic E-state index is 5.53. The molecule has 0 saturated carbocycles. The summed E-state index contributed by atoms with van der Waals surface area (Å²) in [7, 11) is 0. The number of rotatable bonds is 3. The molecule has 0 spiro atoms. The van der Waals surface area contributed by atoms with Crippen molar-refractivity contribution in [3.63, 3.8) is 0 Å². The molecule has 0 unspecified atom stereocenters. The van der Waals surface area contributed by atoms with Crippen LogP contribution in [-0.2, 0) is 6.61 Å². The Morgan fingerprint density at radius 3 is 2.67 bits per heavy atom. The summed E-state index contributed by atoms with van der Waals surface area (Å²) in [5.41, 5.74) is 0.811. The number of aryl methyl sites for hydroxylation is 1. The zero-order valence-electron chi connectivity index (χ0n) is 8.24. The molecule has 0 aliphatic carbocycles. The van der Waals surface area contributed by atoms with Gasteiger partial charge in [0.15, 0.2) is 0 Å². The van der Waals surface area contributed by atoms with E-state index in [0.29, 0.717) is 6.61 Å². The van der Waals surface area contributed by atoms with Gasteiger partial charge in [-0.15, -0.1) is 0 Å². The molecule has 0 bridgehead atoms. The van der Waals surface area contributed by atoms with Crippen LogP contribution in [0.25, 0.3) is 0 Å². The molecule has 0 saturated heterocycles. The molecule has 0 atom stereocenters. The predicted molar refractivity (Wildman–Crippen MR) is 64.7 cm³/mol. The second-order valence-electron chi connectivity index (χ2n) is 3.17. The lowest BCUT2D eigenvalue weighted by atomic mass is 10.3. The SMILES string of the molecule is Cc1cc(COc2ccc(I)cc2)no1. The van der Waals surface area contributed by atoms with Crippen molar-refractivity contribution in [1.82, 2.24) is 5.16 Å². The fourth-order valence-electron chi connectivity index (χ4n) is 1.17. The predicted octanol–water partition coefficient (Wildman–Crippen LogP) is 3.17. The number of benzene rings is 1. The normalized spacial score (nSPS) is 10.3. The van der Waals surface area contributed by atoms with Crippen molar-refractivity contribution in [3.8, 4) is 5.75 Å². The van der Waals surface area contributed by atoms with E-state index in [1.807, 2.05) is 37.3 Å². The van der Waals surface area contributed by atoms with E-state index in [9.17, 15) is 0 Å². The molecule has 0 aliphatic rings. The molecule has 1 heterocycles. The van der Waals surface area contributed by atoms with Gasteiger partial charge >= 0.3 is 0 Å². The molecule has 2 rings (SSSR count). The van der Waals surface area contributed by atoms with E-state index in [0.717, 1.165) is 17.2 Å². The van der Waals surface area contributed by atoms with Gasteiger partial charge in [0.05, 0.1) is 0 Å². The highest BCUT2D eigenvalue weighted by molar-refractivity contribution is 14.1. The number of hydrogen-bond acceptors (Lipinski definition) is 3. The fourth-order valence-corrected chi connectivity index (χ4v) is 1.53. The Labute approximate surface area is 102 Å². The Morgan fingerprint density at radius 2 is 2.07 bits per heavy atom. The van der Waals surface area contributed by atoms with E-state index in [1.165, 1.54) is 3.57 Å². The third-order valence-corrected chi connectivity index (χ3v) is 2.60. The quantitative estimate of drug-likeness (QED) is 0.816. The van der Waals surface area contributed by atoms with Crippen LogP contribution in [0.1, 0.15) is 11.5 Å². The van der Waals surface area contributed by atoms with Gasteiger partial charge in [-0.2, -0.15) is 0 Å². The third-order valence-electron chi connectivity index (χ3n) is 1.88. The average Bonchev–Trinajstić information content (AvgIpc) is 2.64. The van der Waals surface area contributed by atoms with Crippen molar-refractivity contribution in [3.05, 3.63) is 45.4 Å². The number of ether oxygens (including phenoxy) is 1. The molecular weight excluding hydrogens is 305 g/mol. The summed E-state index contributed by atoms with van der Waals surface area (Å²) in [6.07, 6.45) is 0. The van der Waals surface area contributed by atoms with Gasteiger partial charge in [0, 0.05) is 9.64 Å². The van der Waals surface area contributed by atoms with Gasteiger partial charge in [0.1, 0.15) is 23.8 Å². The number of nitrogens with zero attached hydrogens (tertiary/aromatic N) is 1. The van der Waals surface area contributed by atoms with Crippen LogP contribution >= 0.6 is 22.6 Å². The molecule has 1 aromatic heterocycles. The summed E-state index contributed by atoms with van der Waals surface area (Å²) in [6.45, 7) is 2.30. The van der Waals surface area contributed by atoms with E-state index in [-0.39, 0.29) is 0 Å². The standard InChI is InChI=1S/C11H10INO2/c1-8-6-10(13-15-8)7-14-11-4-2-9(12)3-5-11/h2-6H,7H2,1H3. The lowest BCUT2D eigenvalue weighted by molar-refractivity contribution is 0.288. The molecule has 0 fully saturated rings. The monoisotopic (exact) mass is 315 g/mol. The first kappa shape index (κ1) is 10.5. The number of halogens is 1. The molecule has 2 aromatic rings. The smallest absolute Gasteiger partial charge is 0.134 e. The van der Waals surface area contributed by atoms with Gasteiger partial charge in [-0.1, -0.05) is 5.16 Å². The Balaban J connectivity index is 1.96. The van der Waals surface area contributed by atoms with Crippen LogP contribution in [0.2, 0.25) is 0 Å². The van der Waals surface area contributed by atoms with E-state index < -0.39 is 0 Å². The van der Waals surface area contributed by atoms with Crippen LogP contribution in [0.4, 0.5) is 0 Å². The topological polar surface area (TPSA) is 35.3 Å². The zero-order chi connectivity index (χ0) is 10.7. The summed E-state index contributed by atoms with van der Waals surface area (Å²) in [4.78, 5) is 0. The van der Waals surface area contributed by atoms with Gasteiger partial charge in [0.2, 0.25) is 0 Å². The van der Waals surface area contributed by atoms with Crippen LogP contribution in [-0.4, -0.2) is 5.16 Å². The van der Waals surface area contributed by atoms with E-state index in [4.69, 9.17) is 9.26 Å². The number of hydrogen-bond donors (Lipinski definition) is 0. The summed E-state index contributed by atoms with van der Waals surface area (Å²) >= 11 is 2.26. The van der Waals surface area contributed by atoms with Crippen LogP contribution in [0.15, 0.2) is 34.9 Å². The second-order valence-corrected chi connectivity index (χ2v) is 4.42. The molecule has 1 aromatic carbocycles. The van der Waals surface area contributed by atoms with Gasteiger partial charge in [0.25, 0.3) is 0 Å². The van der Waals surface area contributed by atoms with Crippen LogP contribution in [0, 0.1) is 10.5 Å². The minimum absolute atomic E-state index is 0.442. The molecule has 0 N–H and O–H groups in total. The summed E-state index contributed by atoms with van der Waals surface area (Å²) in [6, 6.07) is 9.75. The maximum Gasteiger partial charge on any atom is 0.134 e. The van der Waals surface area contributed by atoms with Crippen molar-refractivity contribution in [2.75, 3.05) is 0 Å². The molecule has 0 amide bonds. The Bertz CT molecular complexity index is 436. The van der Waals surface area contributed by atoms with Crippen LogP contribution < -0.4 is 4.74 Å². The maximum atomic E-state index is 5.53. The van der Waals surface area contributed by atoms with Crippen molar-refractivity contribution >= 4 is 22.6 Å². The van der Waals surface area contributed by atoms with Gasteiger partial charge in [-0.3, -0.25) is 0 Å². The van der Waals surface area contributed by atoms with E-state index in [2.05, 4.69) is 27.7 Å². The first-order valence-corrected chi connectivity index (χ1v) is 5.62. The summed E-state index contributed by atoms with van der Waals surface area (Å²) < 4.78 is 11.7. The Morgan fingerprint density at radius 1 is 1.33 bits per heavy atom. The lowest BCUT2D eigenvalue weighted by Crippen LogP contribution is -1.95. The molecule has 0 radical (unpaired) electrons. The van der Waals surface area contributed by atoms with Gasteiger partial charge in [-0.05, 0) is 53.8 Å². The highest BCUT2D eigenvalue weighted by atomic mass is 127. The summed E-state index contributed by atoms with van der Waals surface area (Å²) in [5.74, 6) is 1.65. The van der Waals surface area contributed by atoms with Crippen molar-refractivity contribution in [1.29, 1.82) is 0 Å². The molecule has 78 valence electrons. The highest BCUT2D eigenvalue weighted by Crippen LogP contribution is 2.15. The van der Waals surface area contributed by atoms with Crippen molar-refractivity contribution in [2.24, 2.45) is 0 Å². The molecule has 0 aliphatic heterocycles. The van der Waals surface area contributed by atoms with E-state index >= 15 is 0 Å². The van der Waals surface area contributed by atoms with Gasteiger partial charge in [-0.25, -0.2) is 0 Å². The van der Waals surface area contributed by atoms with Crippen LogP contribution in [0.3, 0.4) is 0 Å². The Kier molecular flexibility index (Phi) is 3.25. The molecule has 4 heteroatoms. The highest BCUT2D eigenvalue weighted by Gasteiger charge is 2.01. The lowest BCUT2D eigenvalue weighted by Gasteiger charge is -2.02. The molecule has 15 heavy (non-hydrogen) atoms. The van der Waals surface area contributed by atoms with Gasteiger partial charge < -0.3 is 9.26 Å². The first-order chi connectivity index (χ1) is 7.24. The third kappa shape index (κ3) is 2.95. The van der Waals surface area contributed by atoms with Crippen molar-refractivity contribution in [2.45, 2.75) is 13.5 Å². The van der Waals surface area contributed by atoms with E-state index in [1.54, 1.807) is 0 Å². The minimum Gasteiger partial charge on any atom is -0.487 e. The summed E-state index contributed by atoms with van der Waals surface area (Å²) in [5, 5.41) is 3.85. The first-order valence-electron chi connectivity index (χ1n) is 4.54. The largest absolute Gasteiger partial charge is 0.487 e. The average molecular weight is 315 g/mol. The minimum atomic E-state index is 0.442. The molecular formula is C11H10INO2. The second kappa shape index (κ2) is 4.65. The fraction of sp³-hybridized carbons (Fsp3) is 0.182.